The fourth-order valence-electron chi connectivity index (χ4n) is 3.18. The van der Waals surface area contributed by atoms with E-state index in [-0.39, 0.29) is 12.1 Å². The molecule has 1 aliphatic heterocycles. The third kappa shape index (κ3) is 6.61. The van der Waals surface area contributed by atoms with Crippen molar-refractivity contribution in [2.24, 2.45) is 0 Å². The van der Waals surface area contributed by atoms with Gasteiger partial charge in [0.25, 0.3) is 0 Å². The van der Waals surface area contributed by atoms with Crippen LogP contribution in [0.4, 0.5) is 4.79 Å². The molecule has 5 heteroatoms. The highest BCUT2D eigenvalue weighted by Gasteiger charge is 2.20. The number of nitrogens with one attached hydrogen (secondary N) is 1. The van der Waals surface area contributed by atoms with E-state index in [2.05, 4.69) is 53.2 Å². The van der Waals surface area contributed by atoms with Crippen LogP contribution >= 0.6 is 0 Å². The molecule has 1 heterocycles. The number of benzene rings is 1. The average molecular weight is 362 g/mol. The Bertz CT molecular complexity index is 570. The van der Waals surface area contributed by atoms with Gasteiger partial charge in [-0.2, -0.15) is 0 Å². The minimum Gasteiger partial charge on any atom is -0.444 e. The number of carbonyl (C=O) groups is 1. The Morgan fingerprint density at radius 2 is 1.65 bits per heavy atom. The molecule has 1 saturated heterocycles. The lowest BCUT2D eigenvalue weighted by Gasteiger charge is -2.37. The summed E-state index contributed by atoms with van der Waals surface area (Å²) in [5.74, 6) is 0. The van der Waals surface area contributed by atoms with Crippen LogP contribution in [-0.4, -0.2) is 53.7 Å². The van der Waals surface area contributed by atoms with Crippen molar-refractivity contribution in [3.05, 3.63) is 35.4 Å². The lowest BCUT2D eigenvalue weighted by molar-refractivity contribution is 0.0508. The van der Waals surface area contributed by atoms with Gasteiger partial charge in [0.05, 0.1) is 6.04 Å². The predicted molar refractivity (Wildman–Crippen MR) is 106 cm³/mol. The maximum atomic E-state index is 11.9. The molecule has 1 aromatic rings. The lowest BCUT2D eigenvalue weighted by Crippen LogP contribution is -2.48. The summed E-state index contributed by atoms with van der Waals surface area (Å²) in [4.78, 5) is 16.9. The third-order valence-electron chi connectivity index (χ3n) is 4.76. The van der Waals surface area contributed by atoms with E-state index in [1.807, 2.05) is 27.7 Å². The van der Waals surface area contributed by atoms with Crippen molar-refractivity contribution in [3.8, 4) is 0 Å². The first-order chi connectivity index (χ1) is 12.1. The second-order valence-corrected chi connectivity index (χ2v) is 8.52. The summed E-state index contributed by atoms with van der Waals surface area (Å²) in [6.07, 6.45) is -0.378. The van der Waals surface area contributed by atoms with Gasteiger partial charge in [0.2, 0.25) is 0 Å². The second kappa shape index (κ2) is 8.87. The highest BCUT2D eigenvalue weighted by Crippen LogP contribution is 2.17. The summed E-state index contributed by atoms with van der Waals surface area (Å²) in [6.45, 7) is 17.6. The molecule has 0 saturated carbocycles. The largest absolute Gasteiger partial charge is 0.444 e. The van der Waals surface area contributed by atoms with E-state index in [1.54, 1.807) is 0 Å². The van der Waals surface area contributed by atoms with Crippen LogP contribution < -0.4 is 5.32 Å². The minimum atomic E-state index is -0.479. The number of rotatable bonds is 5. The average Bonchev–Trinajstić information content (AvgIpc) is 2.54. The SMILES string of the molecule is CC(C)N1CCN(Cc2ccc([C@H](C)NC(=O)OC(C)(C)C)cc2)CC1. The van der Waals surface area contributed by atoms with Crippen LogP contribution in [0.1, 0.15) is 58.7 Å². The van der Waals surface area contributed by atoms with E-state index >= 15 is 0 Å². The predicted octanol–water partition coefficient (Wildman–Crippen LogP) is 3.80. The van der Waals surface area contributed by atoms with E-state index in [1.165, 1.54) is 5.56 Å². The Morgan fingerprint density at radius 3 is 2.15 bits per heavy atom. The molecule has 0 aliphatic carbocycles. The van der Waals surface area contributed by atoms with Crippen LogP contribution in [0.5, 0.6) is 0 Å². The van der Waals surface area contributed by atoms with Crippen molar-refractivity contribution in [3.63, 3.8) is 0 Å². The van der Waals surface area contributed by atoms with Crippen LogP contribution in [0.25, 0.3) is 0 Å². The zero-order valence-electron chi connectivity index (χ0n) is 17.2. The van der Waals surface area contributed by atoms with Gasteiger partial charge in [-0.3, -0.25) is 9.80 Å². The van der Waals surface area contributed by atoms with Gasteiger partial charge in [0, 0.05) is 38.8 Å². The van der Waals surface area contributed by atoms with Crippen molar-refractivity contribution in [1.29, 1.82) is 0 Å². The molecule has 1 aliphatic rings. The Hall–Kier alpha value is -1.59. The van der Waals surface area contributed by atoms with Crippen molar-refractivity contribution in [1.82, 2.24) is 15.1 Å². The van der Waals surface area contributed by atoms with Gasteiger partial charge in [-0.25, -0.2) is 4.79 Å². The van der Waals surface area contributed by atoms with E-state index in [4.69, 9.17) is 4.74 Å². The number of nitrogens with zero attached hydrogens (tertiary/aromatic N) is 2. The van der Waals surface area contributed by atoms with Gasteiger partial charge >= 0.3 is 6.09 Å². The molecular weight excluding hydrogens is 326 g/mol. The maximum Gasteiger partial charge on any atom is 0.408 e. The first-order valence-electron chi connectivity index (χ1n) is 9.69. The van der Waals surface area contributed by atoms with Gasteiger partial charge in [-0.15, -0.1) is 0 Å². The molecule has 1 fully saturated rings. The quantitative estimate of drug-likeness (QED) is 0.866. The zero-order valence-corrected chi connectivity index (χ0v) is 17.2. The van der Waals surface area contributed by atoms with E-state index in [9.17, 15) is 4.79 Å². The Morgan fingerprint density at radius 1 is 1.08 bits per heavy atom. The summed E-state index contributed by atoms with van der Waals surface area (Å²) in [7, 11) is 0. The number of hydrogen-bond donors (Lipinski definition) is 1. The van der Waals surface area contributed by atoms with Crippen molar-refractivity contribution < 1.29 is 9.53 Å². The van der Waals surface area contributed by atoms with Gasteiger partial charge in [0.15, 0.2) is 0 Å². The molecule has 0 radical (unpaired) electrons. The summed E-state index contributed by atoms with van der Waals surface area (Å²) in [5, 5.41) is 2.89. The highest BCUT2D eigenvalue weighted by atomic mass is 16.6. The Kier molecular flexibility index (Phi) is 7.07. The molecule has 0 aromatic heterocycles. The Labute approximate surface area is 158 Å². The summed E-state index contributed by atoms with van der Waals surface area (Å²) >= 11 is 0. The van der Waals surface area contributed by atoms with Gasteiger partial charge in [-0.1, -0.05) is 24.3 Å². The number of hydrogen-bond acceptors (Lipinski definition) is 4. The normalized spacial score (nSPS) is 18.0. The van der Waals surface area contributed by atoms with Gasteiger partial charge in [0.1, 0.15) is 5.60 Å². The molecule has 0 bridgehead atoms. The number of ether oxygens (including phenoxy) is 1. The monoisotopic (exact) mass is 361 g/mol. The summed E-state index contributed by atoms with van der Waals surface area (Å²) in [6, 6.07) is 9.09. The fraction of sp³-hybridized carbons (Fsp3) is 0.667. The van der Waals surface area contributed by atoms with Crippen molar-refractivity contribution in [2.45, 2.75) is 65.8 Å². The molecule has 1 N–H and O–H groups in total. The van der Waals surface area contributed by atoms with Crippen LogP contribution in [0.3, 0.4) is 0 Å². The molecule has 2 rings (SSSR count). The molecule has 1 aromatic carbocycles. The topological polar surface area (TPSA) is 44.8 Å². The molecule has 146 valence electrons. The third-order valence-corrected chi connectivity index (χ3v) is 4.76. The standard InChI is InChI=1S/C21H35N3O2/c1-16(2)24-13-11-23(12-14-24)15-18-7-9-19(10-8-18)17(3)22-20(25)26-21(4,5)6/h7-10,16-17H,11-15H2,1-6H3,(H,22,25)/t17-/m0/s1. The second-order valence-electron chi connectivity index (χ2n) is 8.52. The smallest absolute Gasteiger partial charge is 0.408 e. The summed E-state index contributed by atoms with van der Waals surface area (Å²) in [5.41, 5.74) is 1.92. The van der Waals surface area contributed by atoms with Crippen LogP contribution in [-0.2, 0) is 11.3 Å². The van der Waals surface area contributed by atoms with E-state index < -0.39 is 5.60 Å². The first kappa shape index (κ1) is 20.7. The van der Waals surface area contributed by atoms with Gasteiger partial charge < -0.3 is 10.1 Å². The molecular formula is C21H35N3O2. The van der Waals surface area contributed by atoms with Crippen LogP contribution in [0.2, 0.25) is 0 Å². The van der Waals surface area contributed by atoms with Crippen molar-refractivity contribution >= 4 is 6.09 Å². The summed E-state index contributed by atoms with van der Waals surface area (Å²) < 4.78 is 5.32. The fourth-order valence-corrected chi connectivity index (χ4v) is 3.18. The number of alkyl carbamates (subject to hydrolysis) is 1. The minimum absolute atomic E-state index is 0.0755. The van der Waals surface area contributed by atoms with Crippen LogP contribution in [0.15, 0.2) is 24.3 Å². The molecule has 0 spiro atoms. The maximum absolute atomic E-state index is 11.9. The molecule has 5 nitrogen and oxygen atoms in total. The lowest BCUT2D eigenvalue weighted by atomic mass is 10.1. The number of piperazine rings is 1. The Balaban J connectivity index is 1.83. The molecule has 1 atom stereocenters. The zero-order chi connectivity index (χ0) is 19.3. The highest BCUT2D eigenvalue weighted by molar-refractivity contribution is 5.68. The number of carbonyl (C=O) groups excluding carboxylic acids is 1. The molecule has 1 amide bonds. The first-order valence-corrected chi connectivity index (χ1v) is 9.69. The molecule has 0 unspecified atom stereocenters. The van der Waals surface area contributed by atoms with Crippen LogP contribution in [0, 0.1) is 0 Å². The number of amides is 1. The van der Waals surface area contributed by atoms with E-state index in [0.29, 0.717) is 6.04 Å². The molecule has 26 heavy (non-hydrogen) atoms. The van der Waals surface area contributed by atoms with Gasteiger partial charge in [-0.05, 0) is 52.7 Å². The van der Waals surface area contributed by atoms with E-state index in [0.717, 1.165) is 38.3 Å². The van der Waals surface area contributed by atoms with Crippen molar-refractivity contribution in [2.75, 3.05) is 26.2 Å².